The van der Waals surface area contributed by atoms with Gasteiger partial charge in [0.2, 0.25) is 0 Å². The van der Waals surface area contributed by atoms with Crippen LogP contribution in [0.2, 0.25) is 0 Å². The fraction of sp³-hybridized carbons (Fsp3) is 1.00. The molecule has 3 N–H and O–H groups in total. The molecule has 15 heteroatoms. The van der Waals surface area contributed by atoms with Crippen molar-refractivity contribution in [3.8, 4) is 0 Å². The second-order valence-electron chi connectivity index (χ2n) is 3.90. The summed E-state index contributed by atoms with van der Waals surface area (Å²) >= 11 is 0. The van der Waals surface area contributed by atoms with Crippen LogP contribution in [0, 0.1) is 0 Å². The summed E-state index contributed by atoms with van der Waals surface area (Å²) < 4.78 is 46.1. The molecule has 1 atom stereocenters. The minimum Gasteiger partial charge on any atom is -0.565 e. The van der Waals surface area contributed by atoms with Crippen molar-refractivity contribution in [3.63, 3.8) is 0 Å². The van der Waals surface area contributed by atoms with Crippen LogP contribution < -0.4 is 4.89 Å². The molecule has 0 aromatic carbocycles. The average Bonchev–Trinajstić information content (AvgIpc) is 2.54. The first kappa shape index (κ1) is 28.7. The average molecular weight is 397 g/mol. The predicted molar refractivity (Wildman–Crippen MR) is 88.5 cm³/mol. The third kappa shape index (κ3) is 33.5. The molecule has 0 aliphatic carbocycles. The zero-order chi connectivity index (χ0) is 19.4. The maximum atomic E-state index is 9.33. The first-order chi connectivity index (χ1) is 11.2. The summed E-state index contributed by atoms with van der Waals surface area (Å²) in [5.41, 5.74) is 0. The standard InChI is InChI=1S/C9H21BO3.BH2O4P.HO4P.2H2/c1-4-7-11-10(12-8-5-2)13-9-6-3;2-1-6(3,4)5;1-4-5(2)3;;/h4-9H2,1-3H3;(H2,3,4,5);1H;2*1H/i;;;1+1;. The van der Waals surface area contributed by atoms with Gasteiger partial charge in [-0.25, -0.2) is 5.26 Å². The zero-order valence-electron chi connectivity index (χ0n) is 13.9. The molecular weight excluding hydrogens is 368 g/mol. The Morgan fingerprint density at radius 3 is 1.50 bits per heavy atom. The summed E-state index contributed by atoms with van der Waals surface area (Å²) in [4.78, 5) is 24.1. The monoisotopic (exact) mass is 397 g/mol. The molecule has 0 aromatic rings. The first-order valence-corrected chi connectivity index (χ1v) is 9.78. The van der Waals surface area contributed by atoms with Gasteiger partial charge in [0.15, 0.2) is 0 Å². The Balaban J connectivity index is -0.0000000954. The molecule has 0 aromatic heterocycles. The normalized spacial score (nSPS) is 10.5. The van der Waals surface area contributed by atoms with Crippen LogP contribution >= 0.6 is 15.7 Å². The molecule has 0 fully saturated rings. The summed E-state index contributed by atoms with van der Waals surface area (Å²) in [6.07, 6.45) is 2.96. The van der Waals surface area contributed by atoms with Gasteiger partial charge < -0.3 is 18.9 Å². The van der Waals surface area contributed by atoms with E-state index in [4.69, 9.17) is 43.2 Å². The summed E-state index contributed by atoms with van der Waals surface area (Å²) in [6, 6.07) is 0. The molecule has 0 bridgehead atoms. The largest absolute Gasteiger partial charge is 0.565 e. The molecule has 0 saturated heterocycles. The van der Waals surface area contributed by atoms with Crippen LogP contribution in [0.4, 0.5) is 0 Å². The van der Waals surface area contributed by atoms with E-state index in [-0.39, 0.29) is 2.85 Å². The van der Waals surface area contributed by atoms with E-state index in [9.17, 15) is 4.57 Å². The van der Waals surface area contributed by atoms with Crippen molar-refractivity contribution in [2.24, 2.45) is 0 Å². The van der Waals surface area contributed by atoms with Crippen LogP contribution in [-0.2, 0) is 32.5 Å². The fourth-order valence-corrected chi connectivity index (χ4v) is 0.787. The maximum absolute atomic E-state index is 9.33. The van der Waals surface area contributed by atoms with Crippen LogP contribution in [0.25, 0.3) is 0 Å². The van der Waals surface area contributed by atoms with Gasteiger partial charge in [0.25, 0.3) is 0 Å². The van der Waals surface area contributed by atoms with E-state index in [1.165, 1.54) is 0 Å². The van der Waals surface area contributed by atoms with E-state index in [0.717, 1.165) is 19.3 Å². The molecule has 0 heterocycles. The quantitative estimate of drug-likeness (QED) is 0.199. The van der Waals surface area contributed by atoms with Gasteiger partial charge in [0.1, 0.15) is 0 Å². The van der Waals surface area contributed by atoms with Gasteiger partial charge in [-0.2, -0.15) is 0 Å². The van der Waals surface area contributed by atoms with Crippen LogP contribution in [0.1, 0.15) is 42.9 Å². The molecular formula is C9H28B2O11P2. The Hall–Kier alpha value is -0.0601. The summed E-state index contributed by atoms with van der Waals surface area (Å²) in [6.45, 7) is 7.88. The van der Waals surface area contributed by atoms with Gasteiger partial charge in [-0.15, -0.1) is 0 Å². The molecule has 1 unspecified atom stereocenters. The Morgan fingerprint density at radius 2 is 1.38 bits per heavy atom. The maximum Gasteiger partial charge on any atom is 0.521 e. The van der Waals surface area contributed by atoms with Crippen molar-refractivity contribution in [1.29, 1.82) is 0 Å². The van der Waals surface area contributed by atoms with Crippen LogP contribution in [0.3, 0.4) is 0 Å². The molecule has 0 rings (SSSR count). The predicted octanol–water partition coefficient (Wildman–Crippen LogP) is 1.37. The van der Waals surface area contributed by atoms with E-state index in [1.807, 2.05) is 0 Å². The van der Waals surface area contributed by atoms with Gasteiger partial charge in [-0.05, 0) is 23.8 Å². The Bertz CT molecular complexity index is 333. The Morgan fingerprint density at radius 1 is 1.12 bits per heavy atom. The Labute approximate surface area is 146 Å². The van der Waals surface area contributed by atoms with Gasteiger partial charge in [-0.1, -0.05) is 20.8 Å². The first-order valence-electron chi connectivity index (χ1n) is 7.00. The number of hydrogen-bond acceptors (Lipinski definition) is 9. The van der Waals surface area contributed by atoms with Crippen LogP contribution in [-0.4, -0.2) is 49.1 Å². The second-order valence-corrected chi connectivity index (χ2v) is 5.90. The van der Waals surface area contributed by atoms with Gasteiger partial charge in [0, 0.05) is 27.3 Å². The molecule has 146 valence electrons. The molecule has 11 nitrogen and oxygen atoms in total. The summed E-state index contributed by atoms with van der Waals surface area (Å²) in [5.74, 6) is 0. The van der Waals surface area contributed by atoms with Crippen molar-refractivity contribution < 1.29 is 55.3 Å². The van der Waals surface area contributed by atoms with E-state index in [0.29, 0.717) is 19.8 Å². The molecule has 0 amide bonds. The molecule has 0 saturated carbocycles. The van der Waals surface area contributed by atoms with Crippen molar-refractivity contribution in [3.05, 3.63) is 0 Å². The van der Waals surface area contributed by atoms with Crippen LogP contribution in [0.5, 0.6) is 0 Å². The molecule has 0 aliphatic heterocycles. The molecule has 0 radical (unpaired) electrons. The third-order valence-corrected chi connectivity index (χ3v) is 1.99. The molecule has 0 spiro atoms. The zero-order valence-corrected chi connectivity index (χ0v) is 15.7. The van der Waals surface area contributed by atoms with E-state index in [2.05, 4.69) is 25.4 Å². The smallest absolute Gasteiger partial charge is 0.521 e. The molecule has 0 aliphatic rings. The fourth-order valence-electron chi connectivity index (χ4n) is 0.787. The van der Waals surface area contributed by atoms with Gasteiger partial charge in [0.05, 0.1) is 0 Å². The number of rotatable bonds is 11. The van der Waals surface area contributed by atoms with Gasteiger partial charge >= 0.3 is 49.0 Å². The van der Waals surface area contributed by atoms with Crippen LogP contribution in [0.15, 0.2) is 0 Å². The third-order valence-electron chi connectivity index (χ3n) is 1.58. The van der Waals surface area contributed by atoms with E-state index >= 15 is 0 Å². The van der Waals surface area contributed by atoms with Crippen molar-refractivity contribution in [2.45, 2.75) is 40.0 Å². The van der Waals surface area contributed by atoms with E-state index in [1.54, 1.807) is 0 Å². The topological polar surface area (TPSA) is 172 Å². The van der Waals surface area contributed by atoms with Gasteiger partial charge in [-0.3, -0.25) is 0 Å². The minimum atomic E-state index is -4.33. The van der Waals surface area contributed by atoms with Crippen molar-refractivity contribution in [1.82, 2.24) is 0 Å². The Kier molecular flexibility index (Phi) is 25.1. The van der Waals surface area contributed by atoms with Crippen molar-refractivity contribution in [2.75, 3.05) is 19.8 Å². The minimum absolute atomic E-state index is 0. The number of hydrogen-bond donors (Lipinski definition) is 3. The SMILES string of the molecule is CCCOB(OCCC)OCCC.O=BP(=O)(O)O.O=[P+]([O-])OO.[2HH].[HH]. The van der Waals surface area contributed by atoms with E-state index < -0.39 is 29.9 Å². The summed E-state index contributed by atoms with van der Waals surface area (Å²) in [5, 5.41) is 7.05. The van der Waals surface area contributed by atoms with Crippen molar-refractivity contribution >= 4 is 29.9 Å². The second kappa shape index (κ2) is 21.0. The molecule has 24 heavy (non-hydrogen) atoms. The summed E-state index contributed by atoms with van der Waals surface area (Å²) in [7, 11) is -7.83.